The van der Waals surface area contributed by atoms with Crippen LogP contribution in [-0.4, -0.2) is 36.0 Å². The van der Waals surface area contributed by atoms with Gasteiger partial charge in [0.2, 0.25) is 5.91 Å². The van der Waals surface area contributed by atoms with Gasteiger partial charge in [0.05, 0.1) is 24.0 Å². The summed E-state index contributed by atoms with van der Waals surface area (Å²) in [6, 6.07) is 7.91. The normalized spacial score (nSPS) is 11.3. The molecule has 0 bridgehead atoms. The minimum atomic E-state index is -0.732. The summed E-state index contributed by atoms with van der Waals surface area (Å²) < 4.78 is 4.77. The molecule has 1 unspecified atom stereocenters. The van der Waals surface area contributed by atoms with Crippen molar-refractivity contribution in [2.45, 2.75) is 13.0 Å². The van der Waals surface area contributed by atoms with Crippen LogP contribution in [0.25, 0.3) is 0 Å². The average molecular weight is 307 g/mol. The second-order valence-electron chi connectivity index (χ2n) is 4.11. The summed E-state index contributed by atoms with van der Waals surface area (Å²) in [4.78, 5) is 23.0. The zero-order chi connectivity index (χ0) is 15.7. The number of nitrogens with one attached hydrogen (secondary N) is 1. The van der Waals surface area contributed by atoms with E-state index in [0.29, 0.717) is 17.0 Å². The van der Waals surface area contributed by atoms with Gasteiger partial charge in [-0.1, -0.05) is 6.07 Å². The van der Waals surface area contributed by atoms with Crippen LogP contribution < -0.4 is 11.1 Å². The number of carbonyl (C=O) groups is 2. The van der Waals surface area contributed by atoms with Gasteiger partial charge in [-0.05, 0) is 25.1 Å². The summed E-state index contributed by atoms with van der Waals surface area (Å²) in [6.45, 7) is 1.99. The van der Waals surface area contributed by atoms with Crippen LogP contribution in [0.15, 0.2) is 24.3 Å². The fourth-order valence-corrected chi connectivity index (χ4v) is 2.22. The molecule has 6 nitrogen and oxygen atoms in total. The van der Waals surface area contributed by atoms with Gasteiger partial charge in [-0.2, -0.15) is 5.26 Å². The van der Waals surface area contributed by atoms with Crippen molar-refractivity contribution in [2.24, 2.45) is 5.73 Å². The van der Waals surface area contributed by atoms with Crippen molar-refractivity contribution in [1.29, 1.82) is 5.26 Å². The number of benzene rings is 1. The zero-order valence-electron chi connectivity index (χ0n) is 11.7. The molecule has 1 aromatic rings. The standard InChI is InChI=1S/C14H17N3O3S/c1-2-20-14(19)12(16)8-21-9-13(18)17-11-5-3-4-10(6-11)7-15/h3-6,12H,2,8-9,16H2,1H3,(H,17,18). The van der Waals surface area contributed by atoms with Crippen LogP contribution in [0, 0.1) is 11.3 Å². The highest BCUT2D eigenvalue weighted by Crippen LogP contribution is 2.11. The predicted molar refractivity (Wildman–Crippen MR) is 81.7 cm³/mol. The highest BCUT2D eigenvalue weighted by Gasteiger charge is 2.15. The van der Waals surface area contributed by atoms with Crippen molar-refractivity contribution < 1.29 is 14.3 Å². The van der Waals surface area contributed by atoms with E-state index in [2.05, 4.69) is 5.32 Å². The Balaban J connectivity index is 2.34. The van der Waals surface area contributed by atoms with Crippen molar-refractivity contribution in [2.75, 3.05) is 23.4 Å². The Kier molecular flexibility index (Phi) is 7.29. The maximum atomic E-state index is 11.7. The first-order chi connectivity index (χ1) is 10.1. The van der Waals surface area contributed by atoms with Gasteiger partial charge in [0, 0.05) is 11.4 Å². The van der Waals surface area contributed by atoms with E-state index < -0.39 is 12.0 Å². The van der Waals surface area contributed by atoms with Crippen molar-refractivity contribution >= 4 is 29.3 Å². The molecular weight excluding hydrogens is 290 g/mol. The van der Waals surface area contributed by atoms with Crippen molar-refractivity contribution in [3.63, 3.8) is 0 Å². The molecule has 1 rings (SSSR count). The van der Waals surface area contributed by atoms with E-state index in [1.165, 1.54) is 11.8 Å². The molecule has 3 N–H and O–H groups in total. The number of ether oxygens (including phenoxy) is 1. The van der Waals surface area contributed by atoms with E-state index in [9.17, 15) is 9.59 Å². The summed E-state index contributed by atoms with van der Waals surface area (Å²) in [5.41, 5.74) is 6.66. The molecule has 0 aliphatic carbocycles. The van der Waals surface area contributed by atoms with Gasteiger partial charge in [0.1, 0.15) is 6.04 Å². The molecule has 0 aliphatic rings. The fraction of sp³-hybridized carbons (Fsp3) is 0.357. The number of esters is 1. The van der Waals surface area contributed by atoms with Crippen LogP contribution in [-0.2, 0) is 14.3 Å². The van der Waals surface area contributed by atoms with Crippen molar-refractivity contribution in [1.82, 2.24) is 0 Å². The molecule has 0 saturated heterocycles. The molecule has 0 radical (unpaired) electrons. The number of nitriles is 1. The second-order valence-corrected chi connectivity index (χ2v) is 5.14. The number of nitrogens with zero attached hydrogens (tertiary/aromatic N) is 1. The van der Waals surface area contributed by atoms with Gasteiger partial charge in [0.25, 0.3) is 0 Å². The van der Waals surface area contributed by atoms with E-state index in [4.69, 9.17) is 15.7 Å². The summed E-state index contributed by atoms with van der Waals surface area (Å²) >= 11 is 1.25. The molecule has 0 aromatic heterocycles. The monoisotopic (exact) mass is 307 g/mol. The van der Waals surface area contributed by atoms with E-state index in [0.717, 1.165) is 0 Å². The molecule has 0 heterocycles. The van der Waals surface area contributed by atoms with E-state index in [1.807, 2.05) is 6.07 Å². The van der Waals surface area contributed by atoms with Gasteiger partial charge in [-0.25, -0.2) is 0 Å². The van der Waals surface area contributed by atoms with Crippen LogP contribution in [0.2, 0.25) is 0 Å². The Morgan fingerprint density at radius 3 is 2.95 bits per heavy atom. The van der Waals surface area contributed by atoms with Crippen LogP contribution in [0.3, 0.4) is 0 Å². The number of nitrogens with two attached hydrogens (primary N) is 1. The Hall–Kier alpha value is -2.04. The lowest BCUT2D eigenvalue weighted by Crippen LogP contribution is -2.35. The van der Waals surface area contributed by atoms with Crippen LogP contribution in [0.5, 0.6) is 0 Å². The molecule has 1 aromatic carbocycles. The number of anilines is 1. The Morgan fingerprint density at radius 1 is 1.52 bits per heavy atom. The smallest absolute Gasteiger partial charge is 0.323 e. The molecule has 0 fully saturated rings. The third kappa shape index (κ3) is 6.29. The number of hydrogen-bond acceptors (Lipinski definition) is 6. The van der Waals surface area contributed by atoms with Gasteiger partial charge < -0.3 is 15.8 Å². The molecule has 7 heteroatoms. The predicted octanol–water partition coefficient (Wildman–Crippen LogP) is 1.12. The molecule has 0 spiro atoms. The zero-order valence-corrected chi connectivity index (χ0v) is 12.5. The topological polar surface area (TPSA) is 105 Å². The van der Waals surface area contributed by atoms with Gasteiger partial charge in [0.15, 0.2) is 0 Å². The Bertz CT molecular complexity index is 543. The largest absolute Gasteiger partial charge is 0.465 e. The van der Waals surface area contributed by atoms with E-state index in [1.54, 1.807) is 31.2 Å². The third-order valence-corrected chi connectivity index (χ3v) is 3.46. The summed E-state index contributed by atoms with van der Waals surface area (Å²) in [6.07, 6.45) is 0. The van der Waals surface area contributed by atoms with Crippen LogP contribution >= 0.6 is 11.8 Å². The van der Waals surface area contributed by atoms with Crippen molar-refractivity contribution in [3.05, 3.63) is 29.8 Å². The highest BCUT2D eigenvalue weighted by atomic mass is 32.2. The first kappa shape index (κ1) is 17.0. The van der Waals surface area contributed by atoms with Gasteiger partial charge in [-0.3, -0.25) is 9.59 Å². The minimum Gasteiger partial charge on any atom is -0.465 e. The summed E-state index contributed by atoms with van der Waals surface area (Å²) in [5, 5.41) is 11.4. The second kappa shape index (κ2) is 9.00. The minimum absolute atomic E-state index is 0.171. The van der Waals surface area contributed by atoms with Crippen LogP contribution in [0.1, 0.15) is 12.5 Å². The number of amides is 1. The van der Waals surface area contributed by atoms with Gasteiger partial charge >= 0.3 is 5.97 Å². The fourth-order valence-electron chi connectivity index (χ4n) is 1.46. The molecule has 0 saturated carbocycles. The number of thioether (sulfide) groups is 1. The molecule has 21 heavy (non-hydrogen) atoms. The lowest BCUT2D eigenvalue weighted by atomic mass is 10.2. The lowest BCUT2D eigenvalue weighted by Gasteiger charge is -2.10. The Morgan fingerprint density at radius 2 is 2.29 bits per heavy atom. The Labute approximate surface area is 127 Å². The maximum absolute atomic E-state index is 11.7. The SMILES string of the molecule is CCOC(=O)C(N)CSCC(=O)Nc1cccc(C#N)c1. The van der Waals surface area contributed by atoms with E-state index in [-0.39, 0.29) is 18.3 Å². The van der Waals surface area contributed by atoms with E-state index >= 15 is 0 Å². The van der Waals surface area contributed by atoms with Gasteiger partial charge in [-0.15, -0.1) is 11.8 Å². The maximum Gasteiger partial charge on any atom is 0.323 e. The number of carbonyl (C=O) groups excluding carboxylic acids is 2. The third-order valence-electron chi connectivity index (χ3n) is 2.40. The molecular formula is C14H17N3O3S. The molecule has 1 amide bonds. The summed E-state index contributed by atoms with van der Waals surface area (Å²) in [5.74, 6) is -0.202. The number of hydrogen-bond donors (Lipinski definition) is 2. The first-order valence-electron chi connectivity index (χ1n) is 6.36. The van der Waals surface area contributed by atoms with Crippen molar-refractivity contribution in [3.8, 4) is 6.07 Å². The molecule has 0 aliphatic heterocycles. The number of rotatable bonds is 7. The average Bonchev–Trinajstić information content (AvgIpc) is 2.47. The van der Waals surface area contributed by atoms with Crippen LogP contribution in [0.4, 0.5) is 5.69 Å². The lowest BCUT2D eigenvalue weighted by molar-refractivity contribution is -0.144. The highest BCUT2D eigenvalue weighted by molar-refractivity contribution is 8.00. The molecule has 1 atom stereocenters. The summed E-state index contributed by atoms with van der Waals surface area (Å²) in [7, 11) is 0. The quantitative estimate of drug-likeness (QED) is 0.731. The first-order valence-corrected chi connectivity index (χ1v) is 7.52. The molecule has 112 valence electrons.